The summed E-state index contributed by atoms with van der Waals surface area (Å²) < 4.78 is 0. The van der Waals surface area contributed by atoms with Gasteiger partial charge in [-0.3, -0.25) is 4.90 Å². The Hall–Kier alpha value is -0.120. The maximum absolute atomic E-state index is 6.11. The van der Waals surface area contributed by atoms with E-state index >= 15 is 0 Å². The highest BCUT2D eigenvalue weighted by atomic mass is 15.3. The van der Waals surface area contributed by atoms with Crippen molar-refractivity contribution in [2.24, 2.45) is 11.1 Å². The molecule has 0 aromatic rings. The van der Waals surface area contributed by atoms with Crippen LogP contribution in [-0.2, 0) is 0 Å². The fraction of sp³-hybridized carbons (Fsp3) is 1.00. The average Bonchev–Trinajstić information content (AvgIpc) is 2.53. The zero-order valence-corrected chi connectivity index (χ0v) is 13.7. The second-order valence-electron chi connectivity index (χ2n) is 7.15. The SMILES string of the molecule is CCC(C)N1CCN(CCC2(CN)CCCCC2)CC1. The van der Waals surface area contributed by atoms with Crippen LogP contribution < -0.4 is 5.73 Å². The van der Waals surface area contributed by atoms with Crippen molar-refractivity contribution in [3.8, 4) is 0 Å². The predicted molar refractivity (Wildman–Crippen MR) is 87.0 cm³/mol. The number of hydrogen-bond donors (Lipinski definition) is 1. The van der Waals surface area contributed by atoms with E-state index < -0.39 is 0 Å². The van der Waals surface area contributed by atoms with Gasteiger partial charge in [0.25, 0.3) is 0 Å². The summed E-state index contributed by atoms with van der Waals surface area (Å²) in [7, 11) is 0. The van der Waals surface area contributed by atoms with Crippen molar-refractivity contribution >= 4 is 0 Å². The summed E-state index contributed by atoms with van der Waals surface area (Å²) in [5.41, 5.74) is 6.59. The summed E-state index contributed by atoms with van der Waals surface area (Å²) in [4.78, 5) is 5.32. The molecule has 0 radical (unpaired) electrons. The van der Waals surface area contributed by atoms with E-state index in [1.165, 1.54) is 77.7 Å². The third kappa shape index (κ3) is 4.19. The van der Waals surface area contributed by atoms with Crippen molar-refractivity contribution in [1.82, 2.24) is 9.80 Å². The van der Waals surface area contributed by atoms with E-state index in [0.29, 0.717) is 5.41 Å². The number of nitrogens with two attached hydrogens (primary N) is 1. The van der Waals surface area contributed by atoms with Crippen LogP contribution in [0.3, 0.4) is 0 Å². The molecule has 118 valence electrons. The van der Waals surface area contributed by atoms with Crippen molar-refractivity contribution in [3.63, 3.8) is 0 Å². The topological polar surface area (TPSA) is 32.5 Å². The van der Waals surface area contributed by atoms with Crippen LogP contribution in [0.5, 0.6) is 0 Å². The first-order valence-corrected chi connectivity index (χ1v) is 8.85. The molecule has 2 rings (SSSR count). The Bertz CT molecular complexity index is 265. The van der Waals surface area contributed by atoms with E-state index in [0.717, 1.165) is 12.6 Å². The van der Waals surface area contributed by atoms with E-state index in [4.69, 9.17) is 5.73 Å². The summed E-state index contributed by atoms with van der Waals surface area (Å²) in [6, 6.07) is 0.755. The molecule has 1 atom stereocenters. The van der Waals surface area contributed by atoms with Gasteiger partial charge in [0.15, 0.2) is 0 Å². The summed E-state index contributed by atoms with van der Waals surface area (Å²) in [5, 5.41) is 0. The third-order valence-corrected chi connectivity index (χ3v) is 5.93. The summed E-state index contributed by atoms with van der Waals surface area (Å²) in [5.74, 6) is 0. The maximum atomic E-state index is 6.11. The quantitative estimate of drug-likeness (QED) is 0.812. The number of piperazine rings is 1. The van der Waals surface area contributed by atoms with Crippen molar-refractivity contribution in [2.45, 2.75) is 64.8 Å². The van der Waals surface area contributed by atoms with Crippen LogP contribution in [0.25, 0.3) is 0 Å². The third-order valence-electron chi connectivity index (χ3n) is 5.93. The van der Waals surface area contributed by atoms with Gasteiger partial charge in [0, 0.05) is 32.2 Å². The van der Waals surface area contributed by atoms with Gasteiger partial charge in [0.2, 0.25) is 0 Å². The first kappa shape index (κ1) is 16.3. The molecule has 1 heterocycles. The molecule has 3 nitrogen and oxygen atoms in total. The summed E-state index contributed by atoms with van der Waals surface area (Å²) in [6.45, 7) is 11.9. The van der Waals surface area contributed by atoms with Gasteiger partial charge in [0.05, 0.1) is 0 Å². The molecule has 3 heteroatoms. The molecule has 2 N–H and O–H groups in total. The number of hydrogen-bond acceptors (Lipinski definition) is 3. The largest absolute Gasteiger partial charge is 0.330 e. The molecule has 1 unspecified atom stereocenters. The van der Waals surface area contributed by atoms with E-state index in [2.05, 4.69) is 23.6 Å². The van der Waals surface area contributed by atoms with Crippen LogP contribution in [-0.4, -0.2) is 55.1 Å². The molecule has 1 saturated carbocycles. The molecular formula is C17H35N3. The molecule has 2 aliphatic rings. The molecule has 1 aliphatic carbocycles. The van der Waals surface area contributed by atoms with Gasteiger partial charge >= 0.3 is 0 Å². The Morgan fingerprint density at radius 2 is 1.70 bits per heavy atom. The normalized spacial score (nSPS) is 26.6. The lowest BCUT2D eigenvalue weighted by Crippen LogP contribution is -2.50. The van der Waals surface area contributed by atoms with Crippen molar-refractivity contribution in [3.05, 3.63) is 0 Å². The van der Waals surface area contributed by atoms with Crippen LogP contribution in [0.2, 0.25) is 0 Å². The molecule has 1 saturated heterocycles. The molecule has 0 aromatic carbocycles. The molecule has 0 spiro atoms. The highest BCUT2D eigenvalue weighted by Gasteiger charge is 2.31. The smallest absolute Gasteiger partial charge is 0.0113 e. The van der Waals surface area contributed by atoms with E-state index in [9.17, 15) is 0 Å². The summed E-state index contributed by atoms with van der Waals surface area (Å²) >= 11 is 0. The molecule has 0 bridgehead atoms. The lowest BCUT2D eigenvalue weighted by atomic mass is 9.72. The zero-order valence-electron chi connectivity index (χ0n) is 13.7. The highest BCUT2D eigenvalue weighted by Crippen LogP contribution is 2.38. The van der Waals surface area contributed by atoms with Gasteiger partial charge in [-0.15, -0.1) is 0 Å². The van der Waals surface area contributed by atoms with Gasteiger partial charge in [-0.05, 0) is 51.1 Å². The standard InChI is InChI=1S/C17H35N3/c1-3-16(2)20-13-11-19(12-14-20)10-9-17(15-18)7-5-4-6-8-17/h16H,3-15,18H2,1-2H3. The van der Waals surface area contributed by atoms with Crippen LogP contribution in [0.4, 0.5) is 0 Å². The minimum Gasteiger partial charge on any atom is -0.330 e. The van der Waals surface area contributed by atoms with Gasteiger partial charge < -0.3 is 10.6 Å². The highest BCUT2D eigenvalue weighted by molar-refractivity contribution is 4.85. The van der Waals surface area contributed by atoms with E-state index in [-0.39, 0.29) is 0 Å². The summed E-state index contributed by atoms with van der Waals surface area (Å²) in [6.07, 6.45) is 9.57. The van der Waals surface area contributed by atoms with Crippen molar-refractivity contribution < 1.29 is 0 Å². The van der Waals surface area contributed by atoms with Gasteiger partial charge in [-0.1, -0.05) is 26.2 Å². The van der Waals surface area contributed by atoms with Crippen molar-refractivity contribution in [1.29, 1.82) is 0 Å². The monoisotopic (exact) mass is 281 g/mol. The fourth-order valence-electron chi connectivity index (χ4n) is 3.94. The number of rotatable bonds is 6. The minimum atomic E-state index is 0.478. The fourth-order valence-corrected chi connectivity index (χ4v) is 3.94. The second kappa shape index (κ2) is 7.77. The lowest BCUT2D eigenvalue weighted by molar-refractivity contribution is 0.0811. The van der Waals surface area contributed by atoms with Gasteiger partial charge in [-0.2, -0.15) is 0 Å². The molecule has 1 aliphatic heterocycles. The molecule has 2 fully saturated rings. The van der Waals surface area contributed by atoms with Crippen LogP contribution in [0, 0.1) is 5.41 Å². The maximum Gasteiger partial charge on any atom is 0.0113 e. The van der Waals surface area contributed by atoms with Crippen LogP contribution >= 0.6 is 0 Å². The van der Waals surface area contributed by atoms with Crippen LogP contribution in [0.15, 0.2) is 0 Å². The minimum absolute atomic E-state index is 0.478. The van der Waals surface area contributed by atoms with E-state index in [1.807, 2.05) is 0 Å². The molecule has 0 amide bonds. The lowest BCUT2D eigenvalue weighted by Gasteiger charge is -2.41. The van der Waals surface area contributed by atoms with Crippen molar-refractivity contribution in [2.75, 3.05) is 39.3 Å². The van der Waals surface area contributed by atoms with Gasteiger partial charge in [0.1, 0.15) is 0 Å². The number of nitrogens with zero attached hydrogens (tertiary/aromatic N) is 2. The Morgan fingerprint density at radius 1 is 1.05 bits per heavy atom. The Morgan fingerprint density at radius 3 is 2.25 bits per heavy atom. The molecule has 20 heavy (non-hydrogen) atoms. The average molecular weight is 281 g/mol. The first-order chi connectivity index (χ1) is 9.69. The van der Waals surface area contributed by atoms with E-state index in [1.54, 1.807) is 0 Å². The second-order valence-corrected chi connectivity index (χ2v) is 7.15. The first-order valence-electron chi connectivity index (χ1n) is 8.85. The van der Waals surface area contributed by atoms with Crippen LogP contribution in [0.1, 0.15) is 58.8 Å². The Balaban J connectivity index is 1.72. The Labute approximate surface area is 125 Å². The zero-order chi connectivity index (χ0) is 14.4. The predicted octanol–water partition coefficient (Wildman–Crippen LogP) is 2.70. The van der Waals surface area contributed by atoms with Gasteiger partial charge in [-0.25, -0.2) is 0 Å². The molecule has 0 aromatic heterocycles. The Kier molecular flexibility index (Phi) is 6.31. The molecular weight excluding hydrogens is 246 g/mol.